The average Bonchev–Trinajstić information content (AvgIpc) is 3.49. The molecule has 0 radical (unpaired) electrons. The minimum absolute atomic E-state index is 0.126. The maximum Gasteiger partial charge on any atom is 0.223 e. The molecule has 1 saturated carbocycles. The molecule has 4 heterocycles. The van der Waals surface area contributed by atoms with Crippen molar-refractivity contribution in [2.24, 2.45) is 5.92 Å². The largest absolute Gasteiger partial charge is 0.348 e. The van der Waals surface area contributed by atoms with E-state index in [1.54, 1.807) is 0 Å². The van der Waals surface area contributed by atoms with E-state index in [1.165, 1.54) is 60.3 Å². The number of amides is 1. The van der Waals surface area contributed by atoms with Crippen LogP contribution in [-0.4, -0.2) is 44.2 Å². The summed E-state index contributed by atoms with van der Waals surface area (Å²) in [6.45, 7) is 12.0. The molecule has 198 valence electrons. The van der Waals surface area contributed by atoms with Crippen molar-refractivity contribution in [1.82, 2.24) is 25.0 Å². The number of hydrogen-bond acceptors (Lipinski definition) is 5. The summed E-state index contributed by atoms with van der Waals surface area (Å²) in [6.07, 6.45) is 11.7. The number of hydrogen-bond donors (Lipinski definition) is 1. The number of carbonyl (C=O) groups is 1. The summed E-state index contributed by atoms with van der Waals surface area (Å²) in [5, 5.41) is 12.5. The first-order chi connectivity index (χ1) is 17.3. The van der Waals surface area contributed by atoms with Gasteiger partial charge in [-0.1, -0.05) is 33.1 Å². The van der Waals surface area contributed by atoms with Crippen molar-refractivity contribution in [3.8, 4) is 0 Å². The van der Waals surface area contributed by atoms with E-state index in [-0.39, 0.29) is 17.9 Å². The van der Waals surface area contributed by atoms with Crippen LogP contribution in [0.1, 0.15) is 123 Å². The Balaban J connectivity index is 1.27. The van der Waals surface area contributed by atoms with E-state index in [4.69, 9.17) is 0 Å². The third-order valence-corrected chi connectivity index (χ3v) is 10.4. The Labute approximate surface area is 221 Å². The highest BCUT2D eigenvalue weighted by molar-refractivity contribution is 7.12. The van der Waals surface area contributed by atoms with Gasteiger partial charge in [0, 0.05) is 46.3 Å². The summed E-state index contributed by atoms with van der Waals surface area (Å²) in [7, 11) is 0. The Bertz CT molecular complexity index is 1020. The lowest BCUT2D eigenvalue weighted by Crippen LogP contribution is -2.45. The van der Waals surface area contributed by atoms with Crippen LogP contribution in [-0.2, 0) is 4.79 Å². The molecular formula is C29H45N5OS. The van der Waals surface area contributed by atoms with E-state index in [2.05, 4.69) is 65.7 Å². The summed E-state index contributed by atoms with van der Waals surface area (Å²) < 4.78 is 2.44. The summed E-state index contributed by atoms with van der Waals surface area (Å²) in [6, 6.07) is 4.20. The molecular weight excluding hydrogens is 466 g/mol. The summed E-state index contributed by atoms with van der Waals surface area (Å²) in [5.41, 5.74) is 1.35. The molecule has 3 aliphatic rings. The maximum atomic E-state index is 13.2. The van der Waals surface area contributed by atoms with Gasteiger partial charge in [0.15, 0.2) is 0 Å². The van der Waals surface area contributed by atoms with Crippen molar-refractivity contribution in [3.63, 3.8) is 0 Å². The molecule has 1 aliphatic carbocycles. The van der Waals surface area contributed by atoms with E-state index < -0.39 is 0 Å². The highest BCUT2D eigenvalue weighted by Gasteiger charge is 2.42. The van der Waals surface area contributed by atoms with Gasteiger partial charge >= 0.3 is 0 Å². The van der Waals surface area contributed by atoms with Gasteiger partial charge in [-0.25, -0.2) is 0 Å². The predicted molar refractivity (Wildman–Crippen MR) is 147 cm³/mol. The Morgan fingerprint density at radius 3 is 2.33 bits per heavy atom. The van der Waals surface area contributed by atoms with Crippen LogP contribution in [0.2, 0.25) is 0 Å². The van der Waals surface area contributed by atoms with Gasteiger partial charge in [-0.15, -0.1) is 21.5 Å². The van der Waals surface area contributed by atoms with Crippen LogP contribution in [0.15, 0.2) is 6.07 Å². The second-order valence-corrected chi connectivity index (χ2v) is 13.2. The zero-order valence-electron chi connectivity index (χ0n) is 22.9. The molecule has 2 aromatic heterocycles. The summed E-state index contributed by atoms with van der Waals surface area (Å²) in [5.74, 6) is 3.09. The number of piperidine rings is 1. The quantitative estimate of drug-likeness (QED) is 0.446. The molecule has 7 heteroatoms. The van der Waals surface area contributed by atoms with Crippen LogP contribution in [0, 0.1) is 26.7 Å². The fraction of sp³-hybridized carbons (Fsp3) is 0.759. The van der Waals surface area contributed by atoms with Gasteiger partial charge in [0.1, 0.15) is 11.6 Å². The molecule has 0 spiro atoms. The van der Waals surface area contributed by atoms with E-state index in [0.717, 1.165) is 37.5 Å². The fourth-order valence-corrected chi connectivity index (χ4v) is 8.17. The molecule has 0 aromatic carbocycles. The second-order valence-electron chi connectivity index (χ2n) is 12.0. The first-order valence-corrected chi connectivity index (χ1v) is 15.2. The molecule has 2 bridgehead atoms. The van der Waals surface area contributed by atoms with Crippen LogP contribution in [0.5, 0.6) is 0 Å². The van der Waals surface area contributed by atoms with Crippen LogP contribution in [0.3, 0.4) is 0 Å². The molecule has 36 heavy (non-hydrogen) atoms. The lowest BCUT2D eigenvalue weighted by Gasteiger charge is -2.40. The summed E-state index contributed by atoms with van der Waals surface area (Å²) in [4.78, 5) is 18.7. The van der Waals surface area contributed by atoms with Gasteiger partial charge in [-0.3, -0.25) is 9.69 Å². The van der Waals surface area contributed by atoms with E-state index in [0.29, 0.717) is 24.0 Å². The number of nitrogens with zero attached hydrogens (tertiary/aromatic N) is 4. The van der Waals surface area contributed by atoms with Crippen molar-refractivity contribution in [2.75, 3.05) is 6.54 Å². The van der Waals surface area contributed by atoms with Gasteiger partial charge < -0.3 is 9.88 Å². The van der Waals surface area contributed by atoms with E-state index in [1.807, 2.05) is 11.3 Å². The van der Waals surface area contributed by atoms with Gasteiger partial charge in [0.05, 0.1) is 6.04 Å². The molecule has 1 N–H and O–H groups in total. The number of rotatable bonds is 8. The number of thiophene rings is 1. The first-order valence-electron chi connectivity index (χ1n) is 14.4. The fourth-order valence-electron chi connectivity index (χ4n) is 7.04. The molecule has 5 rings (SSSR count). The Morgan fingerprint density at radius 2 is 1.72 bits per heavy atom. The topological polar surface area (TPSA) is 63.1 Å². The molecule has 3 atom stereocenters. The first kappa shape index (κ1) is 25.9. The minimum Gasteiger partial charge on any atom is -0.348 e. The molecule has 0 unspecified atom stereocenters. The molecule has 2 aliphatic heterocycles. The van der Waals surface area contributed by atoms with E-state index in [9.17, 15) is 4.79 Å². The standard InChI is InChI=1S/C29H45N5OS/c1-18(2)28-32-31-21(5)34(28)25-16-23-11-12-24(17-25)33(23)14-13-26(27-15-19(3)20(4)36-27)30-29(35)22-9-7-6-8-10-22/h15,18,22-26H,6-14,16-17H2,1-5H3,(H,30,35)/t23-,24-,26-/m0/s1. The monoisotopic (exact) mass is 511 g/mol. The Hall–Kier alpha value is -1.73. The molecule has 2 saturated heterocycles. The minimum atomic E-state index is 0.126. The van der Waals surface area contributed by atoms with Gasteiger partial charge in [0.25, 0.3) is 0 Å². The van der Waals surface area contributed by atoms with Crippen molar-refractivity contribution in [3.05, 3.63) is 33.0 Å². The number of aryl methyl sites for hydroxylation is 3. The molecule has 1 amide bonds. The highest BCUT2D eigenvalue weighted by atomic mass is 32.1. The van der Waals surface area contributed by atoms with Gasteiger partial charge in [-0.2, -0.15) is 0 Å². The van der Waals surface area contributed by atoms with Crippen molar-refractivity contribution < 1.29 is 4.79 Å². The van der Waals surface area contributed by atoms with Crippen LogP contribution in [0.25, 0.3) is 0 Å². The second kappa shape index (κ2) is 10.9. The predicted octanol–water partition coefficient (Wildman–Crippen LogP) is 6.38. The van der Waals surface area contributed by atoms with Crippen LogP contribution >= 0.6 is 11.3 Å². The molecule has 2 aromatic rings. The van der Waals surface area contributed by atoms with Gasteiger partial charge in [-0.05, 0) is 77.3 Å². The SMILES string of the molecule is Cc1cc([C@H](CCN2[C@H]3CC[C@H]2CC(n2c(C)nnc2C(C)C)C3)NC(=O)C2CCCCC2)sc1C. The average molecular weight is 512 g/mol. The Morgan fingerprint density at radius 1 is 1.03 bits per heavy atom. The zero-order valence-corrected chi connectivity index (χ0v) is 23.7. The third kappa shape index (κ3) is 5.28. The number of nitrogens with one attached hydrogen (secondary N) is 1. The lowest BCUT2D eigenvalue weighted by atomic mass is 9.88. The number of aromatic nitrogens is 3. The third-order valence-electron chi connectivity index (χ3n) is 9.13. The van der Waals surface area contributed by atoms with Crippen molar-refractivity contribution in [2.45, 2.75) is 129 Å². The van der Waals surface area contributed by atoms with Gasteiger partial charge in [0.2, 0.25) is 5.91 Å². The summed E-state index contributed by atoms with van der Waals surface area (Å²) >= 11 is 1.87. The normalized spacial score (nSPS) is 26.0. The smallest absolute Gasteiger partial charge is 0.223 e. The van der Waals surface area contributed by atoms with Crippen LogP contribution < -0.4 is 5.32 Å². The highest BCUT2D eigenvalue weighted by Crippen LogP contribution is 2.42. The molecule has 6 nitrogen and oxygen atoms in total. The lowest BCUT2D eigenvalue weighted by molar-refractivity contribution is -0.126. The van der Waals surface area contributed by atoms with E-state index >= 15 is 0 Å². The van der Waals surface area contributed by atoms with Crippen LogP contribution in [0.4, 0.5) is 0 Å². The number of carbonyl (C=O) groups excluding carboxylic acids is 1. The number of fused-ring (bicyclic) bond motifs is 2. The van der Waals surface area contributed by atoms with Crippen molar-refractivity contribution >= 4 is 17.2 Å². The Kier molecular flexibility index (Phi) is 7.87. The maximum absolute atomic E-state index is 13.2. The van der Waals surface area contributed by atoms with Crippen molar-refractivity contribution in [1.29, 1.82) is 0 Å². The molecule has 3 fully saturated rings. The zero-order chi connectivity index (χ0) is 25.4.